The molecule has 1 N–H and O–H groups in total. The Kier molecular flexibility index (Phi) is 9.49. The molecular formula is C35H37FN2O2. The predicted octanol–water partition coefficient (Wildman–Crippen LogP) is 6.90. The van der Waals surface area contributed by atoms with Gasteiger partial charge in [-0.3, -0.25) is 9.59 Å². The van der Waals surface area contributed by atoms with Gasteiger partial charge in [-0.1, -0.05) is 103 Å². The molecule has 0 heterocycles. The highest BCUT2D eigenvalue weighted by atomic mass is 19.1. The zero-order valence-electron chi connectivity index (χ0n) is 23.4. The lowest BCUT2D eigenvalue weighted by Gasteiger charge is -2.35. The summed E-state index contributed by atoms with van der Waals surface area (Å²) in [6, 6.07) is 35.0. The van der Waals surface area contributed by atoms with Crippen LogP contribution in [0.4, 0.5) is 4.39 Å². The van der Waals surface area contributed by atoms with E-state index in [1.807, 2.05) is 112 Å². The van der Waals surface area contributed by atoms with Crippen molar-refractivity contribution in [2.75, 3.05) is 0 Å². The number of nitrogens with zero attached hydrogens (tertiary/aromatic N) is 1. The fourth-order valence-electron chi connectivity index (χ4n) is 4.88. The second-order valence-electron chi connectivity index (χ2n) is 11.2. The van der Waals surface area contributed by atoms with E-state index in [1.165, 1.54) is 12.1 Å². The lowest BCUT2D eigenvalue weighted by molar-refractivity contribution is -0.142. The highest BCUT2D eigenvalue weighted by Crippen LogP contribution is 2.30. The highest BCUT2D eigenvalue weighted by Gasteiger charge is 2.33. The maximum Gasteiger partial charge on any atom is 0.243 e. The highest BCUT2D eigenvalue weighted by molar-refractivity contribution is 5.89. The van der Waals surface area contributed by atoms with E-state index in [-0.39, 0.29) is 36.5 Å². The maximum atomic E-state index is 14.3. The fourth-order valence-corrected chi connectivity index (χ4v) is 4.88. The molecule has 2 amide bonds. The molecular weight excluding hydrogens is 499 g/mol. The van der Waals surface area contributed by atoms with Gasteiger partial charge >= 0.3 is 0 Å². The molecule has 4 nitrogen and oxygen atoms in total. The molecule has 1 atom stereocenters. The van der Waals surface area contributed by atoms with Gasteiger partial charge in [0.25, 0.3) is 0 Å². The average molecular weight is 537 g/mol. The van der Waals surface area contributed by atoms with Crippen molar-refractivity contribution in [3.63, 3.8) is 0 Å². The van der Waals surface area contributed by atoms with Crippen molar-refractivity contribution in [3.05, 3.63) is 143 Å². The topological polar surface area (TPSA) is 49.4 Å². The van der Waals surface area contributed by atoms with Crippen molar-refractivity contribution in [2.45, 2.75) is 57.7 Å². The number of carbonyl (C=O) groups is 2. The van der Waals surface area contributed by atoms with Crippen LogP contribution in [-0.2, 0) is 22.6 Å². The number of rotatable bonds is 10. The van der Waals surface area contributed by atoms with Crippen molar-refractivity contribution in [3.8, 4) is 0 Å². The summed E-state index contributed by atoms with van der Waals surface area (Å²) in [7, 11) is 0. The third-order valence-corrected chi connectivity index (χ3v) is 6.82. The molecule has 4 rings (SSSR count). The van der Waals surface area contributed by atoms with Crippen LogP contribution in [0.25, 0.3) is 0 Å². The maximum absolute atomic E-state index is 14.3. The van der Waals surface area contributed by atoms with E-state index in [9.17, 15) is 14.0 Å². The number of hydrogen-bond acceptors (Lipinski definition) is 2. The number of carbonyl (C=O) groups excluding carboxylic acids is 2. The van der Waals surface area contributed by atoms with Crippen molar-refractivity contribution < 1.29 is 14.0 Å². The van der Waals surface area contributed by atoms with Gasteiger partial charge in [-0.15, -0.1) is 0 Å². The Hall–Kier alpha value is -4.25. The van der Waals surface area contributed by atoms with Crippen LogP contribution < -0.4 is 5.32 Å². The van der Waals surface area contributed by atoms with E-state index in [0.717, 1.165) is 22.3 Å². The van der Waals surface area contributed by atoms with Crippen molar-refractivity contribution in [1.82, 2.24) is 10.2 Å². The second kappa shape index (κ2) is 13.2. The van der Waals surface area contributed by atoms with Gasteiger partial charge in [0.1, 0.15) is 11.9 Å². The Balaban J connectivity index is 1.74. The van der Waals surface area contributed by atoms with Gasteiger partial charge in [-0.25, -0.2) is 4.39 Å². The summed E-state index contributed by atoms with van der Waals surface area (Å²) in [5, 5.41) is 3.09. The fraction of sp³-hybridized carbons (Fsp3) is 0.257. The molecule has 0 bridgehead atoms. The van der Waals surface area contributed by atoms with Crippen molar-refractivity contribution in [1.29, 1.82) is 0 Å². The summed E-state index contributed by atoms with van der Waals surface area (Å²) in [5.41, 5.74) is 3.29. The zero-order valence-corrected chi connectivity index (χ0v) is 23.4. The minimum atomic E-state index is -0.758. The standard InChI is InChI=1S/C35H37FN2O2/c1-35(2,3)37-34(40)32(23-26-13-7-4-8-14-26)38(25-27-19-21-30(36)22-20-27)33(39)24-31(28-15-9-5-10-16-28)29-17-11-6-12-18-29/h4-22,31-32H,23-25H2,1-3H3,(H,37,40). The Bertz CT molecular complexity index is 1330. The normalized spacial score (nSPS) is 12.1. The molecule has 1 unspecified atom stereocenters. The average Bonchev–Trinajstić information content (AvgIpc) is 2.95. The summed E-state index contributed by atoms with van der Waals surface area (Å²) in [6.45, 7) is 5.97. The molecule has 0 saturated heterocycles. The molecule has 0 aliphatic carbocycles. The molecule has 0 aliphatic rings. The van der Waals surface area contributed by atoms with Crippen LogP contribution in [-0.4, -0.2) is 28.3 Å². The summed E-state index contributed by atoms with van der Waals surface area (Å²) in [5.74, 6) is -0.898. The number of halogens is 1. The molecule has 0 aliphatic heterocycles. The SMILES string of the molecule is CC(C)(C)NC(=O)C(Cc1ccccc1)N(Cc1ccc(F)cc1)C(=O)CC(c1ccccc1)c1ccccc1. The molecule has 0 spiro atoms. The minimum absolute atomic E-state index is 0.146. The number of benzene rings is 4. The Morgan fingerprint density at radius 1 is 0.725 bits per heavy atom. The first-order valence-corrected chi connectivity index (χ1v) is 13.7. The Morgan fingerprint density at radius 3 is 1.73 bits per heavy atom. The third kappa shape index (κ3) is 8.12. The van der Waals surface area contributed by atoms with Gasteiger partial charge in [0.05, 0.1) is 0 Å². The molecule has 4 aromatic rings. The molecule has 0 saturated carbocycles. The number of amides is 2. The van der Waals surface area contributed by atoms with Crippen LogP contribution in [0.1, 0.15) is 55.4 Å². The van der Waals surface area contributed by atoms with Crippen molar-refractivity contribution >= 4 is 11.8 Å². The number of hydrogen-bond donors (Lipinski definition) is 1. The summed E-state index contributed by atoms with van der Waals surface area (Å²) < 4.78 is 13.7. The first-order valence-electron chi connectivity index (χ1n) is 13.7. The lowest BCUT2D eigenvalue weighted by atomic mass is 9.87. The van der Waals surface area contributed by atoms with Crippen LogP contribution >= 0.6 is 0 Å². The van der Waals surface area contributed by atoms with Crippen LogP contribution in [0.2, 0.25) is 0 Å². The van der Waals surface area contributed by atoms with E-state index >= 15 is 0 Å². The Labute approximate surface area is 236 Å². The van der Waals surface area contributed by atoms with E-state index < -0.39 is 11.6 Å². The van der Waals surface area contributed by atoms with Gasteiger partial charge in [0, 0.05) is 30.8 Å². The zero-order chi connectivity index (χ0) is 28.5. The first-order chi connectivity index (χ1) is 19.2. The predicted molar refractivity (Wildman–Crippen MR) is 158 cm³/mol. The van der Waals surface area contributed by atoms with E-state index in [2.05, 4.69) is 5.32 Å². The smallest absolute Gasteiger partial charge is 0.243 e. The van der Waals surface area contributed by atoms with Crippen molar-refractivity contribution in [2.24, 2.45) is 0 Å². The Morgan fingerprint density at radius 2 is 1.23 bits per heavy atom. The summed E-state index contributed by atoms with van der Waals surface area (Å²) >= 11 is 0. The molecule has 0 fully saturated rings. The van der Waals surface area contributed by atoms with E-state index in [0.29, 0.717) is 6.42 Å². The third-order valence-electron chi connectivity index (χ3n) is 6.82. The molecule has 40 heavy (non-hydrogen) atoms. The summed E-state index contributed by atoms with van der Waals surface area (Å²) in [4.78, 5) is 29.8. The number of nitrogens with one attached hydrogen (secondary N) is 1. The molecule has 5 heteroatoms. The molecule has 0 aromatic heterocycles. The van der Waals surface area contributed by atoms with Gasteiger partial charge in [0.15, 0.2) is 0 Å². The van der Waals surface area contributed by atoms with Crippen LogP contribution in [0.5, 0.6) is 0 Å². The largest absolute Gasteiger partial charge is 0.350 e. The van der Waals surface area contributed by atoms with Gasteiger partial charge in [-0.2, -0.15) is 0 Å². The van der Waals surface area contributed by atoms with Crippen LogP contribution in [0, 0.1) is 5.82 Å². The van der Waals surface area contributed by atoms with Gasteiger partial charge < -0.3 is 10.2 Å². The quantitative estimate of drug-likeness (QED) is 0.240. The van der Waals surface area contributed by atoms with Gasteiger partial charge in [0.2, 0.25) is 11.8 Å². The molecule has 206 valence electrons. The lowest BCUT2D eigenvalue weighted by Crippen LogP contribution is -2.54. The van der Waals surface area contributed by atoms with E-state index in [4.69, 9.17) is 0 Å². The van der Waals surface area contributed by atoms with Crippen LogP contribution in [0.15, 0.2) is 115 Å². The summed E-state index contributed by atoms with van der Waals surface area (Å²) in [6.07, 6.45) is 0.542. The van der Waals surface area contributed by atoms with Gasteiger partial charge in [-0.05, 0) is 55.2 Å². The monoisotopic (exact) mass is 536 g/mol. The second-order valence-corrected chi connectivity index (χ2v) is 11.2. The molecule has 4 aromatic carbocycles. The van der Waals surface area contributed by atoms with Crippen LogP contribution in [0.3, 0.4) is 0 Å². The minimum Gasteiger partial charge on any atom is -0.350 e. The molecule has 0 radical (unpaired) electrons. The first kappa shape index (κ1) is 28.8. The van der Waals surface area contributed by atoms with E-state index in [1.54, 1.807) is 17.0 Å².